The summed E-state index contributed by atoms with van der Waals surface area (Å²) in [6, 6.07) is 6.25. The Morgan fingerprint density at radius 3 is 2.74 bits per heavy atom. The highest BCUT2D eigenvalue weighted by Crippen LogP contribution is 2.29. The standard InChI is InChI=1S/C21H28N4O2/c1-15-3-4-17-18(12-23-19(17)11-15)20(26)13-24-8-5-21(27,6-9-24)14-25-10-7-22-16(25)2/h3-4,7,10-12,20,23,26-27H,5-6,8-9,13-14H2,1-2H3/t20-/m0/s1. The summed E-state index contributed by atoms with van der Waals surface area (Å²) in [5.74, 6) is 0.927. The maximum Gasteiger partial charge on any atom is 0.105 e. The summed E-state index contributed by atoms with van der Waals surface area (Å²) in [6.07, 6.45) is 6.46. The lowest BCUT2D eigenvalue weighted by atomic mass is 9.91. The smallest absolute Gasteiger partial charge is 0.105 e. The molecule has 3 heterocycles. The fourth-order valence-corrected chi connectivity index (χ4v) is 4.08. The van der Waals surface area contributed by atoms with Crippen LogP contribution in [0.15, 0.2) is 36.8 Å². The van der Waals surface area contributed by atoms with Gasteiger partial charge in [-0.1, -0.05) is 12.1 Å². The predicted molar refractivity (Wildman–Crippen MR) is 106 cm³/mol. The summed E-state index contributed by atoms with van der Waals surface area (Å²) >= 11 is 0. The van der Waals surface area contributed by atoms with Crippen molar-refractivity contribution in [2.24, 2.45) is 0 Å². The molecule has 0 spiro atoms. The summed E-state index contributed by atoms with van der Waals surface area (Å²) in [5.41, 5.74) is 2.51. The lowest BCUT2D eigenvalue weighted by Crippen LogP contribution is -2.47. The van der Waals surface area contributed by atoms with E-state index in [-0.39, 0.29) is 0 Å². The van der Waals surface area contributed by atoms with Gasteiger partial charge >= 0.3 is 0 Å². The fourth-order valence-electron chi connectivity index (χ4n) is 4.08. The minimum absolute atomic E-state index is 0.538. The van der Waals surface area contributed by atoms with E-state index >= 15 is 0 Å². The Kier molecular flexibility index (Phi) is 4.80. The summed E-state index contributed by atoms with van der Waals surface area (Å²) in [7, 11) is 0. The number of nitrogens with one attached hydrogen (secondary N) is 1. The highest BCUT2D eigenvalue weighted by atomic mass is 16.3. The SMILES string of the molecule is Cc1ccc2c([C@@H](O)CN3CCC(O)(Cn4ccnc4C)CC3)c[nH]c2c1. The Bertz CT molecular complexity index is 921. The number of aryl methyl sites for hydroxylation is 2. The lowest BCUT2D eigenvalue weighted by Gasteiger charge is -2.39. The van der Waals surface area contributed by atoms with Gasteiger partial charge in [-0.2, -0.15) is 0 Å². The number of H-pyrrole nitrogens is 1. The first kappa shape index (κ1) is 18.2. The van der Waals surface area contributed by atoms with Crippen molar-refractivity contribution < 1.29 is 10.2 Å². The number of fused-ring (bicyclic) bond motifs is 1. The number of piperidine rings is 1. The van der Waals surface area contributed by atoms with E-state index in [9.17, 15) is 10.2 Å². The van der Waals surface area contributed by atoms with E-state index in [1.165, 1.54) is 5.56 Å². The van der Waals surface area contributed by atoms with Gasteiger partial charge < -0.3 is 24.7 Å². The number of aliphatic hydroxyl groups is 2. The number of aliphatic hydroxyl groups excluding tert-OH is 1. The summed E-state index contributed by atoms with van der Waals surface area (Å²) in [6.45, 7) is 6.75. The Morgan fingerprint density at radius 2 is 2.04 bits per heavy atom. The minimum Gasteiger partial charge on any atom is -0.388 e. The predicted octanol–water partition coefficient (Wildman–Crippen LogP) is 2.54. The number of rotatable bonds is 5. The zero-order valence-corrected chi connectivity index (χ0v) is 16.0. The van der Waals surface area contributed by atoms with Crippen LogP contribution in [0, 0.1) is 13.8 Å². The summed E-state index contributed by atoms with van der Waals surface area (Å²) in [5, 5.41) is 22.8. The molecule has 0 radical (unpaired) electrons. The molecule has 2 aromatic heterocycles. The number of likely N-dealkylation sites (tertiary alicyclic amines) is 1. The Morgan fingerprint density at radius 1 is 1.26 bits per heavy atom. The average Bonchev–Trinajstić information content (AvgIpc) is 3.23. The molecule has 0 amide bonds. The van der Waals surface area contributed by atoms with Crippen LogP contribution in [0.2, 0.25) is 0 Å². The molecule has 27 heavy (non-hydrogen) atoms. The van der Waals surface area contributed by atoms with Crippen molar-refractivity contribution in [2.75, 3.05) is 19.6 Å². The van der Waals surface area contributed by atoms with Crippen molar-refractivity contribution in [3.63, 3.8) is 0 Å². The molecular weight excluding hydrogens is 340 g/mol. The van der Waals surface area contributed by atoms with Crippen molar-refractivity contribution in [2.45, 2.75) is 44.9 Å². The third-order valence-corrected chi connectivity index (χ3v) is 5.83. The molecule has 1 atom stereocenters. The molecule has 3 N–H and O–H groups in total. The van der Waals surface area contributed by atoms with Gasteiger partial charge in [-0.15, -0.1) is 0 Å². The number of benzene rings is 1. The van der Waals surface area contributed by atoms with Gasteiger partial charge in [-0.25, -0.2) is 4.98 Å². The van der Waals surface area contributed by atoms with Crippen LogP contribution in [-0.2, 0) is 6.54 Å². The van der Waals surface area contributed by atoms with Crippen LogP contribution in [0.3, 0.4) is 0 Å². The van der Waals surface area contributed by atoms with Crippen LogP contribution in [0.5, 0.6) is 0 Å². The van der Waals surface area contributed by atoms with Gasteiger partial charge in [-0.3, -0.25) is 0 Å². The van der Waals surface area contributed by atoms with E-state index in [4.69, 9.17) is 0 Å². The quantitative estimate of drug-likeness (QED) is 0.647. The normalized spacial score (nSPS) is 18.8. The monoisotopic (exact) mass is 368 g/mol. The van der Waals surface area contributed by atoms with Crippen molar-refractivity contribution in [1.29, 1.82) is 0 Å². The Hall–Kier alpha value is -2.15. The molecule has 1 fully saturated rings. The first-order valence-electron chi connectivity index (χ1n) is 9.62. The second-order valence-electron chi connectivity index (χ2n) is 7.94. The maximum absolute atomic E-state index is 10.9. The van der Waals surface area contributed by atoms with E-state index in [2.05, 4.69) is 40.0 Å². The van der Waals surface area contributed by atoms with Gasteiger partial charge in [0, 0.05) is 54.7 Å². The topological polar surface area (TPSA) is 77.3 Å². The van der Waals surface area contributed by atoms with Gasteiger partial charge in [0.15, 0.2) is 0 Å². The van der Waals surface area contributed by atoms with Gasteiger partial charge in [0.25, 0.3) is 0 Å². The largest absolute Gasteiger partial charge is 0.388 e. The van der Waals surface area contributed by atoms with Crippen LogP contribution >= 0.6 is 0 Å². The molecule has 144 valence electrons. The molecule has 4 rings (SSSR count). The van der Waals surface area contributed by atoms with Crippen LogP contribution in [0.25, 0.3) is 10.9 Å². The van der Waals surface area contributed by atoms with E-state index in [1.54, 1.807) is 6.20 Å². The highest BCUT2D eigenvalue weighted by molar-refractivity contribution is 5.84. The number of β-amino-alcohol motifs (C(OH)–C–C–N with tert-alkyl or cyclic N) is 1. The molecule has 1 aliphatic heterocycles. The van der Waals surface area contributed by atoms with Crippen LogP contribution in [0.4, 0.5) is 0 Å². The molecule has 6 nitrogen and oxygen atoms in total. The van der Waals surface area contributed by atoms with Crippen LogP contribution in [-0.4, -0.2) is 54.9 Å². The fraction of sp³-hybridized carbons (Fsp3) is 0.476. The molecule has 3 aromatic rings. The zero-order valence-electron chi connectivity index (χ0n) is 16.0. The van der Waals surface area contributed by atoms with Crippen LogP contribution < -0.4 is 0 Å². The highest BCUT2D eigenvalue weighted by Gasteiger charge is 2.33. The Balaban J connectivity index is 1.37. The lowest BCUT2D eigenvalue weighted by molar-refractivity contribution is -0.0417. The number of hydrogen-bond acceptors (Lipinski definition) is 4. The van der Waals surface area contributed by atoms with E-state index in [0.717, 1.165) is 35.4 Å². The number of hydrogen-bond donors (Lipinski definition) is 3. The third-order valence-electron chi connectivity index (χ3n) is 5.83. The summed E-state index contributed by atoms with van der Waals surface area (Å²) < 4.78 is 2.01. The number of aromatic amines is 1. The van der Waals surface area contributed by atoms with Crippen LogP contribution in [0.1, 0.15) is 35.9 Å². The second kappa shape index (κ2) is 7.11. The van der Waals surface area contributed by atoms with Crippen molar-refractivity contribution in [3.8, 4) is 0 Å². The molecule has 0 aliphatic carbocycles. The van der Waals surface area contributed by atoms with Gasteiger partial charge in [0.2, 0.25) is 0 Å². The van der Waals surface area contributed by atoms with E-state index < -0.39 is 11.7 Å². The molecule has 0 unspecified atom stereocenters. The van der Waals surface area contributed by atoms with Gasteiger partial charge in [-0.05, 0) is 38.3 Å². The average molecular weight is 368 g/mol. The first-order chi connectivity index (χ1) is 12.9. The van der Waals surface area contributed by atoms with Gasteiger partial charge in [0.1, 0.15) is 5.82 Å². The molecule has 0 bridgehead atoms. The number of aromatic nitrogens is 3. The molecule has 1 aromatic carbocycles. The molecular formula is C21H28N4O2. The first-order valence-corrected chi connectivity index (χ1v) is 9.62. The molecule has 1 aliphatic rings. The third kappa shape index (κ3) is 3.78. The van der Waals surface area contributed by atoms with Gasteiger partial charge in [0.05, 0.1) is 18.2 Å². The minimum atomic E-state index is -0.703. The number of nitrogens with zero attached hydrogens (tertiary/aromatic N) is 3. The summed E-state index contributed by atoms with van der Waals surface area (Å²) in [4.78, 5) is 9.74. The van der Waals surface area contributed by atoms with E-state index in [1.807, 2.05) is 23.9 Å². The second-order valence-corrected chi connectivity index (χ2v) is 7.94. The van der Waals surface area contributed by atoms with Crippen molar-refractivity contribution in [1.82, 2.24) is 19.4 Å². The van der Waals surface area contributed by atoms with Crippen molar-refractivity contribution in [3.05, 3.63) is 53.7 Å². The zero-order chi connectivity index (χ0) is 19.0. The number of imidazole rings is 1. The van der Waals surface area contributed by atoms with E-state index in [0.29, 0.717) is 25.9 Å². The molecule has 1 saturated heterocycles. The maximum atomic E-state index is 10.9. The molecule has 0 saturated carbocycles. The van der Waals surface area contributed by atoms with Crippen molar-refractivity contribution >= 4 is 10.9 Å². The Labute approximate surface area is 159 Å². The molecule has 6 heteroatoms.